The van der Waals surface area contributed by atoms with E-state index in [-0.39, 0.29) is 11.8 Å². The van der Waals surface area contributed by atoms with Crippen molar-refractivity contribution in [2.24, 2.45) is 5.92 Å². The molecule has 1 amide bonds. The first-order valence-corrected chi connectivity index (χ1v) is 8.31. The SMILES string of the molecule is Cc1cnc(NC(=O)C2CN(c3cc(-n4cccn4)ncn3)C2)s1. The second-order valence-corrected chi connectivity index (χ2v) is 6.79. The van der Waals surface area contributed by atoms with Crippen LogP contribution in [0.1, 0.15) is 4.88 Å². The number of thiazole rings is 1. The predicted molar refractivity (Wildman–Crippen MR) is 90.3 cm³/mol. The number of rotatable bonds is 4. The molecule has 1 saturated heterocycles. The molecule has 0 atom stereocenters. The summed E-state index contributed by atoms with van der Waals surface area (Å²) in [5.41, 5.74) is 0. The minimum Gasteiger partial charge on any atom is -0.355 e. The maximum atomic E-state index is 12.2. The molecule has 122 valence electrons. The summed E-state index contributed by atoms with van der Waals surface area (Å²) in [4.78, 5) is 28.0. The number of aryl methyl sites for hydroxylation is 1. The monoisotopic (exact) mass is 341 g/mol. The van der Waals surface area contributed by atoms with Crippen molar-refractivity contribution >= 4 is 28.2 Å². The van der Waals surface area contributed by atoms with Crippen LogP contribution in [-0.4, -0.2) is 43.7 Å². The third-order valence-electron chi connectivity index (χ3n) is 3.81. The van der Waals surface area contributed by atoms with Crippen LogP contribution in [0.4, 0.5) is 10.9 Å². The van der Waals surface area contributed by atoms with Crippen LogP contribution >= 0.6 is 11.3 Å². The number of hydrogen-bond donors (Lipinski definition) is 1. The van der Waals surface area contributed by atoms with E-state index >= 15 is 0 Å². The molecule has 8 nitrogen and oxygen atoms in total. The molecule has 0 radical (unpaired) electrons. The maximum Gasteiger partial charge on any atom is 0.232 e. The van der Waals surface area contributed by atoms with Crippen LogP contribution in [0.25, 0.3) is 5.82 Å². The summed E-state index contributed by atoms with van der Waals surface area (Å²) in [6.07, 6.45) is 6.80. The van der Waals surface area contributed by atoms with Gasteiger partial charge in [-0.05, 0) is 13.0 Å². The molecule has 3 aromatic rings. The van der Waals surface area contributed by atoms with E-state index < -0.39 is 0 Å². The molecule has 3 aromatic heterocycles. The van der Waals surface area contributed by atoms with Gasteiger partial charge in [0.15, 0.2) is 10.9 Å². The summed E-state index contributed by atoms with van der Waals surface area (Å²) >= 11 is 1.48. The van der Waals surface area contributed by atoms with Crippen molar-refractivity contribution in [2.75, 3.05) is 23.3 Å². The standard InChI is InChI=1S/C15H15N7OS/c1-10-6-16-15(24-10)20-14(23)11-7-21(8-11)12-5-13(18-9-17-12)22-4-2-3-19-22/h2-6,9,11H,7-8H2,1H3,(H,16,20,23). The topological polar surface area (TPSA) is 88.8 Å². The summed E-state index contributed by atoms with van der Waals surface area (Å²) in [5, 5.41) is 7.68. The van der Waals surface area contributed by atoms with Gasteiger partial charge in [0.1, 0.15) is 12.1 Å². The van der Waals surface area contributed by atoms with Crippen LogP contribution < -0.4 is 10.2 Å². The van der Waals surface area contributed by atoms with Gasteiger partial charge in [-0.1, -0.05) is 0 Å². The Labute approximate surface area is 142 Å². The summed E-state index contributed by atoms with van der Waals surface area (Å²) in [6.45, 7) is 3.22. The number of amides is 1. The van der Waals surface area contributed by atoms with Crippen LogP contribution in [0.2, 0.25) is 0 Å². The highest BCUT2D eigenvalue weighted by molar-refractivity contribution is 7.15. The average molecular weight is 341 g/mol. The molecule has 1 aliphatic heterocycles. The molecular weight excluding hydrogens is 326 g/mol. The fourth-order valence-electron chi connectivity index (χ4n) is 2.49. The molecule has 1 fully saturated rings. The second kappa shape index (κ2) is 6.00. The van der Waals surface area contributed by atoms with Gasteiger partial charge in [-0.25, -0.2) is 19.6 Å². The first-order valence-electron chi connectivity index (χ1n) is 7.49. The molecule has 0 unspecified atom stereocenters. The molecule has 0 saturated carbocycles. The molecule has 4 heterocycles. The molecule has 1 N–H and O–H groups in total. The number of nitrogens with one attached hydrogen (secondary N) is 1. The lowest BCUT2D eigenvalue weighted by Gasteiger charge is -2.38. The number of nitrogens with zero attached hydrogens (tertiary/aromatic N) is 6. The molecular formula is C15H15N7OS. The quantitative estimate of drug-likeness (QED) is 0.774. The van der Waals surface area contributed by atoms with Gasteiger partial charge < -0.3 is 10.2 Å². The molecule has 0 aliphatic carbocycles. The van der Waals surface area contributed by atoms with E-state index in [4.69, 9.17) is 0 Å². The summed E-state index contributed by atoms with van der Waals surface area (Å²) in [6, 6.07) is 3.71. The van der Waals surface area contributed by atoms with Crippen LogP contribution in [0.3, 0.4) is 0 Å². The zero-order valence-electron chi connectivity index (χ0n) is 13.0. The maximum absolute atomic E-state index is 12.2. The van der Waals surface area contributed by atoms with Gasteiger partial charge in [0.2, 0.25) is 5.91 Å². The highest BCUT2D eigenvalue weighted by atomic mass is 32.1. The Morgan fingerprint density at radius 1 is 1.29 bits per heavy atom. The van der Waals surface area contributed by atoms with Gasteiger partial charge in [0, 0.05) is 42.6 Å². The lowest BCUT2D eigenvalue weighted by atomic mass is 9.99. The number of carbonyl (C=O) groups is 1. The third-order valence-corrected chi connectivity index (χ3v) is 4.63. The van der Waals surface area contributed by atoms with Crippen molar-refractivity contribution in [1.82, 2.24) is 24.7 Å². The van der Waals surface area contributed by atoms with E-state index in [2.05, 4.69) is 25.4 Å². The fraction of sp³-hybridized carbons (Fsp3) is 0.267. The predicted octanol–water partition coefficient (Wildman–Crippen LogP) is 1.50. The van der Waals surface area contributed by atoms with Crippen LogP contribution in [0, 0.1) is 12.8 Å². The van der Waals surface area contributed by atoms with Crippen molar-refractivity contribution in [3.05, 3.63) is 41.9 Å². The van der Waals surface area contributed by atoms with Crippen molar-refractivity contribution < 1.29 is 4.79 Å². The minimum absolute atomic E-state index is 0.00181. The lowest BCUT2D eigenvalue weighted by Crippen LogP contribution is -2.52. The first kappa shape index (κ1) is 14.8. The van der Waals surface area contributed by atoms with E-state index in [1.54, 1.807) is 17.1 Å². The molecule has 0 aromatic carbocycles. The first-order chi connectivity index (χ1) is 11.7. The molecule has 1 aliphatic rings. The molecule has 4 rings (SSSR count). The summed E-state index contributed by atoms with van der Waals surface area (Å²) in [5.74, 6) is 1.44. The van der Waals surface area contributed by atoms with E-state index in [9.17, 15) is 4.79 Å². The summed E-state index contributed by atoms with van der Waals surface area (Å²) < 4.78 is 1.68. The van der Waals surface area contributed by atoms with E-state index in [1.807, 2.05) is 30.2 Å². The Kier molecular flexibility index (Phi) is 3.69. The van der Waals surface area contributed by atoms with Gasteiger partial charge in [-0.3, -0.25) is 4.79 Å². The molecule has 9 heteroatoms. The number of aromatic nitrogens is 5. The average Bonchev–Trinajstić information content (AvgIpc) is 3.18. The number of carbonyl (C=O) groups excluding carboxylic acids is 1. The smallest absolute Gasteiger partial charge is 0.232 e. The summed E-state index contributed by atoms with van der Waals surface area (Å²) in [7, 11) is 0. The van der Waals surface area contributed by atoms with Gasteiger partial charge in [-0.15, -0.1) is 11.3 Å². The minimum atomic E-state index is -0.0580. The Balaban J connectivity index is 1.39. The van der Waals surface area contributed by atoms with Crippen molar-refractivity contribution in [3.8, 4) is 5.82 Å². The fourth-order valence-corrected chi connectivity index (χ4v) is 3.16. The van der Waals surface area contributed by atoms with E-state index in [0.29, 0.717) is 24.0 Å². The Morgan fingerprint density at radius 2 is 2.12 bits per heavy atom. The Hall–Kier alpha value is -2.81. The Morgan fingerprint density at radius 3 is 2.83 bits per heavy atom. The molecule has 0 bridgehead atoms. The second-order valence-electron chi connectivity index (χ2n) is 5.55. The lowest BCUT2D eigenvalue weighted by molar-refractivity contribution is -0.120. The van der Waals surface area contributed by atoms with Crippen LogP contribution in [-0.2, 0) is 4.79 Å². The van der Waals surface area contributed by atoms with Crippen molar-refractivity contribution in [3.63, 3.8) is 0 Å². The normalized spacial score (nSPS) is 14.5. The number of anilines is 2. The zero-order chi connectivity index (χ0) is 16.5. The largest absolute Gasteiger partial charge is 0.355 e. The van der Waals surface area contributed by atoms with Crippen LogP contribution in [0.5, 0.6) is 0 Å². The van der Waals surface area contributed by atoms with Gasteiger partial charge >= 0.3 is 0 Å². The van der Waals surface area contributed by atoms with Crippen molar-refractivity contribution in [2.45, 2.75) is 6.92 Å². The highest BCUT2D eigenvalue weighted by Gasteiger charge is 2.34. The van der Waals surface area contributed by atoms with E-state index in [0.717, 1.165) is 10.7 Å². The van der Waals surface area contributed by atoms with Crippen LogP contribution in [0.15, 0.2) is 37.1 Å². The van der Waals surface area contributed by atoms with Gasteiger partial charge in [-0.2, -0.15) is 5.10 Å². The van der Waals surface area contributed by atoms with Crippen molar-refractivity contribution in [1.29, 1.82) is 0 Å². The zero-order valence-corrected chi connectivity index (χ0v) is 13.8. The van der Waals surface area contributed by atoms with Gasteiger partial charge in [0.05, 0.1) is 5.92 Å². The Bertz CT molecular complexity index is 854. The molecule has 0 spiro atoms. The molecule has 24 heavy (non-hydrogen) atoms. The number of hydrogen-bond acceptors (Lipinski definition) is 7. The third kappa shape index (κ3) is 2.85. The van der Waals surface area contributed by atoms with E-state index in [1.165, 1.54) is 17.7 Å². The highest BCUT2D eigenvalue weighted by Crippen LogP contribution is 2.25. The van der Waals surface area contributed by atoms with Gasteiger partial charge in [0.25, 0.3) is 0 Å².